The zero-order valence-electron chi connectivity index (χ0n) is 11.7. The van der Waals surface area contributed by atoms with E-state index in [2.05, 4.69) is 53.6 Å². The fraction of sp³-hybridized carbons (Fsp3) is 0.400. The molecule has 0 saturated carbocycles. The number of nitrogens with one attached hydrogen (secondary N) is 1. The molecule has 0 amide bonds. The number of benzene rings is 1. The molecule has 2 aromatic rings. The zero-order valence-corrected chi connectivity index (χ0v) is 11.7. The third-order valence-corrected chi connectivity index (χ3v) is 3.22. The predicted molar refractivity (Wildman–Crippen MR) is 78.4 cm³/mol. The first-order valence-electron chi connectivity index (χ1n) is 6.78. The van der Waals surface area contributed by atoms with Crippen LogP contribution in [0.3, 0.4) is 0 Å². The van der Waals surface area contributed by atoms with Crippen LogP contribution in [0.4, 0.5) is 0 Å². The molecule has 0 aliphatic carbocycles. The van der Waals surface area contributed by atoms with Crippen LogP contribution in [0.25, 0.3) is 5.69 Å². The van der Waals surface area contributed by atoms with E-state index in [1.54, 1.807) is 6.20 Å². The maximum absolute atomic E-state index is 4.25. The van der Waals surface area contributed by atoms with Gasteiger partial charge in [-0.05, 0) is 37.4 Å². The maximum Gasteiger partial charge on any atom is 0.0648 e. The lowest BCUT2D eigenvalue weighted by atomic mass is 10.2. The summed E-state index contributed by atoms with van der Waals surface area (Å²) < 4.78 is 1.88. The Bertz CT molecular complexity index is 479. The lowest BCUT2D eigenvalue weighted by Gasteiger charge is -2.14. The minimum atomic E-state index is 0.895. The molecule has 102 valence electrons. The summed E-state index contributed by atoms with van der Waals surface area (Å²) in [6, 6.07) is 10.4. The molecule has 4 nitrogen and oxygen atoms in total. The summed E-state index contributed by atoms with van der Waals surface area (Å²) in [7, 11) is 2.14. The molecule has 0 atom stereocenters. The summed E-state index contributed by atoms with van der Waals surface area (Å²) in [5.41, 5.74) is 2.39. The van der Waals surface area contributed by atoms with E-state index in [0.29, 0.717) is 0 Å². The van der Waals surface area contributed by atoms with Gasteiger partial charge in [-0.3, -0.25) is 0 Å². The number of nitrogens with zero attached hydrogens (tertiary/aromatic N) is 3. The van der Waals surface area contributed by atoms with Crippen molar-refractivity contribution in [1.82, 2.24) is 20.0 Å². The van der Waals surface area contributed by atoms with Crippen LogP contribution in [0.2, 0.25) is 0 Å². The monoisotopic (exact) mass is 258 g/mol. The Morgan fingerprint density at radius 2 is 2.21 bits per heavy atom. The summed E-state index contributed by atoms with van der Waals surface area (Å²) in [5, 5.41) is 7.72. The largest absolute Gasteiger partial charge is 0.311 e. The summed E-state index contributed by atoms with van der Waals surface area (Å²) >= 11 is 0. The molecule has 0 aliphatic heterocycles. The normalized spacial score (nSPS) is 11.1. The van der Waals surface area contributed by atoms with Crippen molar-refractivity contribution in [2.24, 2.45) is 0 Å². The van der Waals surface area contributed by atoms with Crippen LogP contribution in [0, 0.1) is 0 Å². The van der Waals surface area contributed by atoms with Crippen molar-refractivity contribution in [3.63, 3.8) is 0 Å². The molecule has 0 saturated heterocycles. The smallest absolute Gasteiger partial charge is 0.0648 e. The minimum absolute atomic E-state index is 0.895. The number of likely N-dealkylation sites (N-methyl/N-ethyl adjacent to an activating group) is 1. The molecular formula is C15H22N4. The highest BCUT2D eigenvalue weighted by molar-refractivity contribution is 5.34. The third kappa shape index (κ3) is 4.19. The third-order valence-electron chi connectivity index (χ3n) is 3.22. The zero-order chi connectivity index (χ0) is 13.5. The van der Waals surface area contributed by atoms with Crippen molar-refractivity contribution < 1.29 is 0 Å². The van der Waals surface area contributed by atoms with Crippen LogP contribution in [-0.4, -0.2) is 41.4 Å². The van der Waals surface area contributed by atoms with Gasteiger partial charge in [-0.1, -0.05) is 19.1 Å². The molecule has 0 fully saturated rings. The molecule has 2 rings (SSSR count). The van der Waals surface area contributed by atoms with Gasteiger partial charge in [-0.15, -0.1) is 0 Å². The van der Waals surface area contributed by atoms with Crippen molar-refractivity contribution >= 4 is 0 Å². The lowest BCUT2D eigenvalue weighted by Crippen LogP contribution is -2.28. The van der Waals surface area contributed by atoms with E-state index in [-0.39, 0.29) is 0 Å². The van der Waals surface area contributed by atoms with Crippen molar-refractivity contribution in [1.29, 1.82) is 0 Å². The van der Waals surface area contributed by atoms with Crippen molar-refractivity contribution in [3.05, 3.63) is 48.3 Å². The second kappa shape index (κ2) is 7.07. The molecule has 1 heterocycles. The number of rotatable bonds is 7. The van der Waals surface area contributed by atoms with Gasteiger partial charge in [-0.25, -0.2) is 4.68 Å². The minimum Gasteiger partial charge on any atom is -0.311 e. The van der Waals surface area contributed by atoms with E-state index in [9.17, 15) is 0 Å². The average Bonchev–Trinajstić information content (AvgIpc) is 2.98. The summed E-state index contributed by atoms with van der Waals surface area (Å²) in [6.45, 7) is 6.25. The van der Waals surface area contributed by atoms with Crippen LogP contribution in [0.5, 0.6) is 0 Å². The topological polar surface area (TPSA) is 33.1 Å². The molecule has 1 aromatic carbocycles. The van der Waals surface area contributed by atoms with Gasteiger partial charge in [0.25, 0.3) is 0 Å². The Hall–Kier alpha value is -1.65. The van der Waals surface area contributed by atoms with Crippen molar-refractivity contribution in [2.75, 3.05) is 26.7 Å². The maximum atomic E-state index is 4.25. The molecule has 0 radical (unpaired) electrons. The van der Waals surface area contributed by atoms with E-state index in [4.69, 9.17) is 0 Å². The Kier molecular flexibility index (Phi) is 5.12. The van der Waals surface area contributed by atoms with E-state index >= 15 is 0 Å². The molecule has 19 heavy (non-hydrogen) atoms. The standard InChI is InChI=1S/C15H22N4/c1-3-18(2)11-9-16-13-14-6-4-7-15(12-14)19-10-5-8-17-19/h4-8,10,12,16H,3,9,11,13H2,1-2H3. The first kappa shape index (κ1) is 13.8. The van der Waals surface area contributed by atoms with Gasteiger partial charge in [0.2, 0.25) is 0 Å². The van der Waals surface area contributed by atoms with E-state index in [0.717, 1.165) is 31.9 Å². The van der Waals surface area contributed by atoms with Crippen LogP contribution >= 0.6 is 0 Å². The number of hydrogen-bond acceptors (Lipinski definition) is 3. The van der Waals surface area contributed by atoms with Crippen molar-refractivity contribution in [2.45, 2.75) is 13.5 Å². The number of aromatic nitrogens is 2. The van der Waals surface area contributed by atoms with Gasteiger partial charge in [0.05, 0.1) is 5.69 Å². The lowest BCUT2D eigenvalue weighted by molar-refractivity contribution is 0.349. The molecule has 1 aromatic heterocycles. The van der Waals surface area contributed by atoms with E-state index in [1.807, 2.05) is 16.9 Å². The second-order valence-corrected chi connectivity index (χ2v) is 4.69. The molecule has 0 spiro atoms. The fourth-order valence-electron chi connectivity index (χ4n) is 1.89. The summed E-state index contributed by atoms with van der Waals surface area (Å²) in [6.07, 6.45) is 3.76. The quantitative estimate of drug-likeness (QED) is 0.770. The van der Waals surface area contributed by atoms with Gasteiger partial charge in [-0.2, -0.15) is 5.10 Å². The van der Waals surface area contributed by atoms with Crippen LogP contribution in [0.1, 0.15) is 12.5 Å². The fourth-order valence-corrected chi connectivity index (χ4v) is 1.89. The molecule has 1 N–H and O–H groups in total. The van der Waals surface area contributed by atoms with E-state index in [1.165, 1.54) is 5.56 Å². The molecular weight excluding hydrogens is 236 g/mol. The SMILES string of the molecule is CCN(C)CCNCc1cccc(-n2cccn2)c1. The van der Waals surface area contributed by atoms with Gasteiger partial charge >= 0.3 is 0 Å². The molecule has 0 unspecified atom stereocenters. The van der Waals surface area contributed by atoms with Gasteiger partial charge in [0.15, 0.2) is 0 Å². The van der Waals surface area contributed by atoms with Crippen molar-refractivity contribution in [3.8, 4) is 5.69 Å². The molecule has 4 heteroatoms. The Balaban J connectivity index is 1.86. The highest BCUT2D eigenvalue weighted by Gasteiger charge is 1.99. The Morgan fingerprint density at radius 1 is 1.32 bits per heavy atom. The number of hydrogen-bond donors (Lipinski definition) is 1. The average molecular weight is 258 g/mol. The highest BCUT2D eigenvalue weighted by Crippen LogP contribution is 2.09. The summed E-state index contributed by atoms with van der Waals surface area (Å²) in [5.74, 6) is 0. The Labute approximate surface area is 115 Å². The predicted octanol–water partition coefficient (Wildman–Crippen LogP) is 1.91. The van der Waals surface area contributed by atoms with Gasteiger partial charge in [0, 0.05) is 32.0 Å². The van der Waals surface area contributed by atoms with Gasteiger partial charge in [0.1, 0.15) is 0 Å². The van der Waals surface area contributed by atoms with Crippen LogP contribution in [-0.2, 0) is 6.54 Å². The molecule has 0 aliphatic rings. The first-order chi connectivity index (χ1) is 9.29. The summed E-state index contributed by atoms with van der Waals surface area (Å²) in [4.78, 5) is 2.30. The highest BCUT2D eigenvalue weighted by atomic mass is 15.3. The van der Waals surface area contributed by atoms with Crippen LogP contribution < -0.4 is 5.32 Å². The first-order valence-corrected chi connectivity index (χ1v) is 6.78. The Morgan fingerprint density at radius 3 is 2.95 bits per heavy atom. The second-order valence-electron chi connectivity index (χ2n) is 4.69. The van der Waals surface area contributed by atoms with Crippen LogP contribution in [0.15, 0.2) is 42.7 Å². The molecule has 0 bridgehead atoms. The van der Waals surface area contributed by atoms with Gasteiger partial charge < -0.3 is 10.2 Å². The van der Waals surface area contributed by atoms with E-state index < -0.39 is 0 Å².